The Kier molecular flexibility index (Phi) is 5.21. The van der Waals surface area contributed by atoms with Crippen molar-refractivity contribution in [3.8, 4) is 0 Å². The van der Waals surface area contributed by atoms with E-state index in [1.807, 2.05) is 35.0 Å². The fourth-order valence-electron chi connectivity index (χ4n) is 2.69. The highest BCUT2D eigenvalue weighted by atomic mass is 19.1. The van der Waals surface area contributed by atoms with Crippen molar-refractivity contribution in [3.63, 3.8) is 0 Å². The van der Waals surface area contributed by atoms with E-state index in [-0.39, 0.29) is 11.7 Å². The van der Waals surface area contributed by atoms with Gasteiger partial charge in [0.15, 0.2) is 0 Å². The summed E-state index contributed by atoms with van der Waals surface area (Å²) in [4.78, 5) is 16.3. The molecule has 0 aliphatic rings. The molecule has 0 aliphatic carbocycles. The molecule has 0 radical (unpaired) electrons. The van der Waals surface area contributed by atoms with Gasteiger partial charge in [-0.25, -0.2) is 9.37 Å². The molecule has 1 aromatic carbocycles. The Bertz CT molecular complexity index is 811. The lowest BCUT2D eigenvalue weighted by Crippen LogP contribution is -2.26. The first-order valence-electron chi connectivity index (χ1n) is 8.14. The first-order valence-corrected chi connectivity index (χ1v) is 8.14. The fraction of sp³-hybridized carbons (Fsp3) is 0.263. The lowest BCUT2D eigenvalue weighted by atomic mass is 10.1. The third-order valence-corrected chi connectivity index (χ3v) is 3.97. The molecule has 3 aromatic rings. The number of hydrogen-bond donors (Lipinski definition) is 1. The number of nitrogens with zero attached hydrogens (tertiary/aromatic N) is 2. The maximum Gasteiger partial charge on any atom is 0.220 e. The molecule has 4 nitrogen and oxygen atoms in total. The Morgan fingerprint density at radius 1 is 1.12 bits per heavy atom. The van der Waals surface area contributed by atoms with Crippen LogP contribution in [-0.4, -0.2) is 21.8 Å². The van der Waals surface area contributed by atoms with Crippen molar-refractivity contribution in [1.29, 1.82) is 0 Å². The minimum absolute atomic E-state index is 0.0398. The second-order valence-electron chi connectivity index (χ2n) is 5.75. The van der Waals surface area contributed by atoms with E-state index in [1.165, 1.54) is 12.1 Å². The number of carbonyl (C=O) groups is 1. The predicted molar refractivity (Wildman–Crippen MR) is 91.2 cm³/mol. The normalized spacial score (nSPS) is 10.9. The molecule has 124 valence electrons. The molecule has 24 heavy (non-hydrogen) atoms. The molecule has 0 spiro atoms. The minimum atomic E-state index is -0.233. The van der Waals surface area contributed by atoms with Gasteiger partial charge in [0.25, 0.3) is 0 Å². The van der Waals surface area contributed by atoms with Crippen LogP contribution in [0.1, 0.15) is 24.2 Å². The zero-order valence-corrected chi connectivity index (χ0v) is 13.4. The first kappa shape index (κ1) is 16.2. The molecule has 0 saturated carbocycles. The highest BCUT2D eigenvalue weighted by Crippen LogP contribution is 2.08. The van der Waals surface area contributed by atoms with Crippen LogP contribution in [0.15, 0.2) is 54.9 Å². The maximum absolute atomic E-state index is 12.8. The molecule has 5 heteroatoms. The van der Waals surface area contributed by atoms with E-state index in [9.17, 15) is 9.18 Å². The van der Waals surface area contributed by atoms with Gasteiger partial charge in [-0.2, -0.15) is 0 Å². The van der Waals surface area contributed by atoms with Crippen LogP contribution in [0.3, 0.4) is 0 Å². The molecule has 0 saturated heterocycles. The van der Waals surface area contributed by atoms with E-state index in [1.54, 1.807) is 12.1 Å². The van der Waals surface area contributed by atoms with E-state index in [0.717, 1.165) is 29.7 Å². The minimum Gasteiger partial charge on any atom is -0.356 e. The van der Waals surface area contributed by atoms with Crippen molar-refractivity contribution in [2.75, 3.05) is 6.54 Å². The summed E-state index contributed by atoms with van der Waals surface area (Å²) in [6.45, 7) is 0.573. The van der Waals surface area contributed by atoms with Crippen LogP contribution in [0.5, 0.6) is 0 Å². The van der Waals surface area contributed by atoms with Gasteiger partial charge in [-0.05, 0) is 42.7 Å². The zero-order valence-electron chi connectivity index (χ0n) is 13.4. The van der Waals surface area contributed by atoms with Gasteiger partial charge in [-0.3, -0.25) is 4.79 Å². The molecule has 0 bridgehead atoms. The second kappa shape index (κ2) is 7.73. The summed E-state index contributed by atoms with van der Waals surface area (Å²) < 4.78 is 14.8. The van der Waals surface area contributed by atoms with Gasteiger partial charge < -0.3 is 9.72 Å². The average Bonchev–Trinajstić information content (AvgIpc) is 3.00. The largest absolute Gasteiger partial charge is 0.356 e. The predicted octanol–water partition coefficient (Wildman–Crippen LogP) is 3.16. The van der Waals surface area contributed by atoms with Crippen molar-refractivity contribution in [2.45, 2.75) is 25.7 Å². The number of rotatable bonds is 7. The smallest absolute Gasteiger partial charge is 0.220 e. The van der Waals surface area contributed by atoms with Crippen LogP contribution >= 0.6 is 0 Å². The number of aryl methyl sites for hydroxylation is 1. The summed E-state index contributed by atoms with van der Waals surface area (Å²) in [5, 5.41) is 2.93. The zero-order chi connectivity index (χ0) is 16.8. The molecule has 0 aliphatic heterocycles. The van der Waals surface area contributed by atoms with Gasteiger partial charge in [0.1, 0.15) is 11.6 Å². The van der Waals surface area contributed by atoms with Crippen LogP contribution in [0.2, 0.25) is 0 Å². The molecule has 3 rings (SSSR count). The quantitative estimate of drug-likeness (QED) is 0.725. The number of benzene rings is 1. The van der Waals surface area contributed by atoms with Gasteiger partial charge in [0, 0.05) is 25.6 Å². The summed E-state index contributed by atoms with van der Waals surface area (Å²) in [5.74, 6) is 0.748. The Hall–Kier alpha value is -2.69. The maximum atomic E-state index is 12.8. The number of halogens is 1. The monoisotopic (exact) mass is 325 g/mol. The van der Waals surface area contributed by atoms with Crippen molar-refractivity contribution in [2.24, 2.45) is 0 Å². The highest BCUT2D eigenvalue weighted by molar-refractivity contribution is 5.75. The average molecular weight is 325 g/mol. The van der Waals surface area contributed by atoms with Crippen molar-refractivity contribution >= 4 is 11.4 Å². The van der Waals surface area contributed by atoms with Crippen LogP contribution in [0.25, 0.3) is 5.52 Å². The molecule has 0 atom stereocenters. The first-order chi connectivity index (χ1) is 11.7. The van der Waals surface area contributed by atoms with E-state index in [0.29, 0.717) is 19.4 Å². The van der Waals surface area contributed by atoms with Gasteiger partial charge in [0.2, 0.25) is 5.91 Å². The molecule has 0 fully saturated rings. The molecular formula is C19H20FN3O. The fourth-order valence-corrected chi connectivity index (χ4v) is 2.69. The number of pyridine rings is 1. The number of carbonyl (C=O) groups excluding carboxylic acids is 1. The van der Waals surface area contributed by atoms with Crippen molar-refractivity contribution in [3.05, 3.63) is 72.1 Å². The summed E-state index contributed by atoms with van der Waals surface area (Å²) in [6.07, 6.45) is 6.51. The number of aromatic nitrogens is 2. The van der Waals surface area contributed by atoms with Crippen LogP contribution in [0.4, 0.5) is 4.39 Å². The van der Waals surface area contributed by atoms with Gasteiger partial charge >= 0.3 is 0 Å². The Balaban J connectivity index is 1.39. The highest BCUT2D eigenvalue weighted by Gasteiger charge is 2.05. The summed E-state index contributed by atoms with van der Waals surface area (Å²) in [5.41, 5.74) is 2.10. The number of nitrogens with one attached hydrogen (secondary N) is 1. The van der Waals surface area contributed by atoms with E-state index < -0.39 is 0 Å². The van der Waals surface area contributed by atoms with Crippen LogP contribution in [0, 0.1) is 5.82 Å². The summed E-state index contributed by atoms with van der Waals surface area (Å²) in [7, 11) is 0. The van der Waals surface area contributed by atoms with E-state index in [2.05, 4.69) is 10.3 Å². The van der Waals surface area contributed by atoms with Crippen LogP contribution in [-0.2, 0) is 17.6 Å². The Morgan fingerprint density at radius 2 is 1.96 bits per heavy atom. The number of fused-ring (bicyclic) bond motifs is 1. The molecule has 1 amide bonds. The van der Waals surface area contributed by atoms with Crippen molar-refractivity contribution in [1.82, 2.24) is 14.7 Å². The Labute approximate surface area is 140 Å². The van der Waals surface area contributed by atoms with E-state index in [4.69, 9.17) is 0 Å². The van der Waals surface area contributed by atoms with Crippen LogP contribution < -0.4 is 5.32 Å². The number of imidazole rings is 1. The lowest BCUT2D eigenvalue weighted by molar-refractivity contribution is -0.121. The van der Waals surface area contributed by atoms with E-state index >= 15 is 0 Å². The molecule has 0 unspecified atom stereocenters. The standard InChI is InChI=1S/C19H20FN3O/c20-16-9-7-15(8-10-16)4-3-6-19(24)21-12-11-18-22-14-17-5-1-2-13-23(17)18/h1-2,5,7-10,13-14H,3-4,6,11-12H2,(H,21,24). The lowest BCUT2D eigenvalue weighted by Gasteiger charge is -2.05. The third-order valence-electron chi connectivity index (χ3n) is 3.97. The molecular weight excluding hydrogens is 305 g/mol. The SMILES string of the molecule is O=C(CCCc1ccc(F)cc1)NCCc1ncc2ccccn12. The summed E-state index contributed by atoms with van der Waals surface area (Å²) >= 11 is 0. The van der Waals surface area contributed by atoms with Gasteiger partial charge in [-0.1, -0.05) is 18.2 Å². The number of amides is 1. The van der Waals surface area contributed by atoms with Gasteiger partial charge in [0.05, 0.1) is 11.7 Å². The topological polar surface area (TPSA) is 46.4 Å². The molecule has 2 heterocycles. The second-order valence-corrected chi connectivity index (χ2v) is 5.75. The third kappa shape index (κ3) is 4.19. The number of hydrogen-bond acceptors (Lipinski definition) is 2. The van der Waals surface area contributed by atoms with Crippen molar-refractivity contribution < 1.29 is 9.18 Å². The molecule has 1 N–H and O–H groups in total. The molecule has 2 aromatic heterocycles. The summed E-state index contributed by atoms with van der Waals surface area (Å²) in [6, 6.07) is 12.4. The van der Waals surface area contributed by atoms with Gasteiger partial charge in [-0.15, -0.1) is 0 Å². The Morgan fingerprint density at radius 3 is 2.79 bits per heavy atom.